The van der Waals surface area contributed by atoms with Crippen molar-refractivity contribution in [2.75, 3.05) is 27.1 Å². The predicted octanol–water partition coefficient (Wildman–Crippen LogP) is 3.05. The lowest BCUT2D eigenvalue weighted by Gasteiger charge is -2.55. The van der Waals surface area contributed by atoms with Crippen LogP contribution >= 0.6 is 0 Å². The lowest BCUT2D eigenvalue weighted by molar-refractivity contribution is -0.140. The number of nitrogens with two attached hydrogens (primary N) is 1. The van der Waals surface area contributed by atoms with Crippen LogP contribution in [0.25, 0.3) is 0 Å². The summed E-state index contributed by atoms with van der Waals surface area (Å²) in [5, 5.41) is 18.5. The Balaban J connectivity index is 1.47. The van der Waals surface area contributed by atoms with Gasteiger partial charge in [0.1, 0.15) is 23.7 Å². The Kier molecular flexibility index (Phi) is 9.86. The van der Waals surface area contributed by atoms with Gasteiger partial charge in [-0.15, -0.1) is 0 Å². The number of amides is 3. The van der Waals surface area contributed by atoms with E-state index in [0.29, 0.717) is 38.7 Å². The maximum atomic E-state index is 13.6. The molecule has 0 radical (unpaired) electrons. The first-order valence-electron chi connectivity index (χ1n) is 15.8. The van der Waals surface area contributed by atoms with Gasteiger partial charge in [0.05, 0.1) is 6.61 Å². The molecule has 2 heterocycles. The molecule has 1 aliphatic heterocycles. The number of unbranched alkanes of at least 4 members (excludes halogenated alkanes) is 1. The number of nitrogens with zero attached hydrogens (tertiary/aromatic N) is 4. The molecular formula is C30H50N6O7Si. The Morgan fingerprint density at radius 3 is 2.30 bits per heavy atom. The van der Waals surface area contributed by atoms with Crippen molar-refractivity contribution in [1.82, 2.24) is 18.9 Å². The summed E-state index contributed by atoms with van der Waals surface area (Å²) in [6, 6.07) is 0.0647. The van der Waals surface area contributed by atoms with Gasteiger partial charge < -0.3 is 25.2 Å². The zero-order chi connectivity index (χ0) is 32.6. The van der Waals surface area contributed by atoms with Crippen molar-refractivity contribution in [3.63, 3.8) is 0 Å². The number of nitrogen functional groups attached to an aromatic ring is 1. The van der Waals surface area contributed by atoms with E-state index >= 15 is 0 Å². The molecule has 0 aromatic carbocycles. The number of amidine groups is 1. The molecule has 44 heavy (non-hydrogen) atoms. The number of methoxy groups -OCH3 is 1. The van der Waals surface area contributed by atoms with E-state index in [2.05, 4.69) is 19.6 Å². The van der Waals surface area contributed by atoms with Crippen molar-refractivity contribution >= 4 is 25.8 Å². The van der Waals surface area contributed by atoms with Crippen LogP contribution in [0.2, 0.25) is 25.7 Å². The first kappa shape index (κ1) is 33.9. The average molecular weight is 635 g/mol. The zero-order valence-electron chi connectivity index (χ0n) is 27.1. The van der Waals surface area contributed by atoms with Crippen LogP contribution in [0.15, 0.2) is 9.59 Å². The topological polar surface area (TPSA) is 173 Å². The molecule has 2 saturated carbocycles. The number of urea groups is 1. The first-order valence-corrected chi connectivity index (χ1v) is 19.5. The SMILES string of the molecule is CCCCn1c(O)c(C(=N)N)c(=O)n(C2CCC3(CC2)CC(N2C(=O)N(COCC[Si](C)(C)C)C(=O)[C@@]2(C)COC)C3)c1=O. The highest BCUT2D eigenvalue weighted by Gasteiger charge is 2.61. The Morgan fingerprint density at radius 1 is 1.11 bits per heavy atom. The maximum absolute atomic E-state index is 13.6. The number of aromatic hydroxyl groups is 1. The minimum absolute atomic E-state index is 0.0646. The summed E-state index contributed by atoms with van der Waals surface area (Å²) in [6.07, 6.45) is 5.45. The monoisotopic (exact) mass is 634 g/mol. The van der Waals surface area contributed by atoms with E-state index in [1.54, 1.807) is 11.8 Å². The number of ether oxygens (including phenoxy) is 2. The van der Waals surface area contributed by atoms with Crippen molar-refractivity contribution in [1.29, 1.82) is 5.41 Å². The summed E-state index contributed by atoms with van der Waals surface area (Å²) >= 11 is 0. The van der Waals surface area contributed by atoms with Gasteiger partial charge in [0, 0.05) is 40.4 Å². The third-order valence-electron chi connectivity index (χ3n) is 9.75. The van der Waals surface area contributed by atoms with Gasteiger partial charge in [-0.05, 0) is 63.3 Å². The fourth-order valence-corrected chi connectivity index (χ4v) is 7.94. The van der Waals surface area contributed by atoms with E-state index in [4.69, 9.17) is 20.6 Å². The minimum atomic E-state index is -1.32. The van der Waals surface area contributed by atoms with Crippen LogP contribution in [0.1, 0.15) is 76.8 Å². The predicted molar refractivity (Wildman–Crippen MR) is 169 cm³/mol. The van der Waals surface area contributed by atoms with Gasteiger partial charge in [-0.1, -0.05) is 33.0 Å². The fraction of sp³-hybridized carbons (Fsp3) is 0.767. The van der Waals surface area contributed by atoms with Gasteiger partial charge >= 0.3 is 11.7 Å². The van der Waals surface area contributed by atoms with Crippen LogP contribution in [-0.4, -0.2) is 88.5 Å². The summed E-state index contributed by atoms with van der Waals surface area (Å²) in [6.45, 7) is 11.2. The average Bonchev–Trinajstić information content (AvgIpc) is 3.09. The Labute approximate surface area is 259 Å². The smallest absolute Gasteiger partial charge is 0.334 e. The van der Waals surface area contributed by atoms with Gasteiger partial charge in [0.25, 0.3) is 11.5 Å². The zero-order valence-corrected chi connectivity index (χ0v) is 28.1. The molecule has 1 aromatic rings. The largest absolute Gasteiger partial charge is 0.494 e. The third kappa shape index (κ3) is 6.25. The van der Waals surface area contributed by atoms with Crippen molar-refractivity contribution in [2.24, 2.45) is 11.1 Å². The van der Waals surface area contributed by atoms with Crippen LogP contribution in [0.3, 0.4) is 0 Å². The highest BCUT2D eigenvalue weighted by molar-refractivity contribution is 6.76. The molecular weight excluding hydrogens is 584 g/mol. The number of aromatic nitrogens is 2. The molecule has 3 amide bonds. The van der Waals surface area contributed by atoms with Crippen molar-refractivity contribution < 1.29 is 24.2 Å². The molecule has 246 valence electrons. The van der Waals surface area contributed by atoms with Crippen molar-refractivity contribution in [3.05, 3.63) is 26.4 Å². The van der Waals surface area contributed by atoms with Gasteiger partial charge in [0.15, 0.2) is 0 Å². The number of hydrogen-bond donors (Lipinski definition) is 3. The van der Waals surface area contributed by atoms with Crippen molar-refractivity contribution in [2.45, 2.75) is 115 Å². The summed E-state index contributed by atoms with van der Waals surface area (Å²) in [5.41, 5.74) is 2.82. The molecule has 0 unspecified atom stereocenters. The summed E-state index contributed by atoms with van der Waals surface area (Å²) < 4.78 is 13.5. The van der Waals surface area contributed by atoms with E-state index in [-0.39, 0.29) is 54.9 Å². The number of carbonyl (C=O) groups excluding carboxylic acids is 2. The van der Waals surface area contributed by atoms with Crippen LogP contribution in [0.4, 0.5) is 4.79 Å². The van der Waals surface area contributed by atoms with E-state index in [0.717, 1.165) is 29.9 Å². The second-order valence-corrected chi connectivity index (χ2v) is 19.9. The quantitative estimate of drug-likeness (QED) is 0.0976. The number of imide groups is 1. The normalized spacial score (nSPS) is 27.3. The molecule has 3 fully saturated rings. The van der Waals surface area contributed by atoms with Gasteiger partial charge in [-0.3, -0.25) is 24.1 Å². The fourth-order valence-electron chi connectivity index (χ4n) is 7.18. The summed E-state index contributed by atoms with van der Waals surface area (Å²) in [5.74, 6) is -1.43. The molecule has 13 nitrogen and oxygen atoms in total. The van der Waals surface area contributed by atoms with Gasteiger partial charge in [-0.25, -0.2) is 14.5 Å². The molecule has 3 aliphatic rings. The molecule has 1 spiro atoms. The van der Waals surface area contributed by atoms with Gasteiger partial charge in [0.2, 0.25) is 5.88 Å². The minimum Gasteiger partial charge on any atom is -0.494 e. The standard InChI is InChI=1S/C30H50N6O7Si/c1-7-8-13-33-24(37)22(23(31)32)25(38)35(27(33)40)20-9-11-30(12-10-20)16-21(17-30)36-28(41)34(19-43-14-15-44(4,5)6)26(39)29(36,2)18-42-3/h20-21,37H,7-19H2,1-6H3,(H3,31,32)/t20?,21?,29-,30?/m1/s1. The lowest BCUT2D eigenvalue weighted by Crippen LogP contribution is -2.61. The molecule has 2 aliphatic carbocycles. The molecule has 1 aromatic heterocycles. The van der Waals surface area contributed by atoms with Gasteiger partial charge in [-0.2, -0.15) is 0 Å². The molecule has 1 atom stereocenters. The number of hydrogen-bond acceptors (Lipinski definition) is 8. The van der Waals surface area contributed by atoms with Crippen LogP contribution in [0, 0.1) is 10.8 Å². The van der Waals surface area contributed by atoms with Crippen LogP contribution in [0.5, 0.6) is 5.88 Å². The van der Waals surface area contributed by atoms with E-state index in [1.165, 1.54) is 16.6 Å². The third-order valence-corrected chi connectivity index (χ3v) is 11.5. The highest BCUT2D eigenvalue weighted by atomic mass is 28.3. The number of rotatable bonds is 13. The summed E-state index contributed by atoms with van der Waals surface area (Å²) in [4.78, 5) is 56.7. The second kappa shape index (κ2) is 12.8. The second-order valence-electron chi connectivity index (χ2n) is 14.3. The Bertz CT molecular complexity index is 1390. The molecule has 1 saturated heterocycles. The highest BCUT2D eigenvalue weighted by Crippen LogP contribution is 2.56. The van der Waals surface area contributed by atoms with Crippen LogP contribution < -0.4 is 17.0 Å². The van der Waals surface area contributed by atoms with E-state index < -0.39 is 36.6 Å². The lowest BCUT2D eigenvalue weighted by atomic mass is 9.57. The Hall–Kier alpha value is -2.97. The number of nitrogens with one attached hydrogen (secondary N) is 1. The maximum Gasteiger partial charge on any atom is 0.334 e. The Morgan fingerprint density at radius 2 is 1.75 bits per heavy atom. The van der Waals surface area contributed by atoms with E-state index in [1.807, 2.05) is 6.92 Å². The summed E-state index contributed by atoms with van der Waals surface area (Å²) in [7, 11) is 0.206. The molecule has 4 N–H and O–H groups in total. The number of carbonyl (C=O) groups is 2. The molecule has 14 heteroatoms. The first-order chi connectivity index (χ1) is 20.6. The molecule has 0 bridgehead atoms. The van der Waals surface area contributed by atoms with E-state index in [9.17, 15) is 24.3 Å². The molecule has 4 rings (SSSR count). The van der Waals surface area contributed by atoms with Crippen molar-refractivity contribution in [3.8, 4) is 5.88 Å². The van der Waals surface area contributed by atoms with Crippen LogP contribution in [-0.2, 0) is 20.8 Å².